The number of hydrogen-bond acceptors (Lipinski definition) is 3. The van der Waals surface area contributed by atoms with Gasteiger partial charge in [-0.3, -0.25) is 4.79 Å². The molecule has 0 saturated carbocycles. The summed E-state index contributed by atoms with van der Waals surface area (Å²) in [5, 5.41) is 8.73. The molecule has 0 radical (unpaired) electrons. The lowest BCUT2D eigenvalue weighted by Gasteiger charge is -2.22. The van der Waals surface area contributed by atoms with E-state index in [0.29, 0.717) is 19.6 Å². The lowest BCUT2D eigenvalue weighted by Crippen LogP contribution is -2.28. The summed E-state index contributed by atoms with van der Waals surface area (Å²) in [6, 6.07) is 2.06. The highest BCUT2D eigenvalue weighted by molar-refractivity contribution is 5.85. The predicted octanol–water partition coefficient (Wildman–Crippen LogP) is 1.53. The van der Waals surface area contributed by atoms with Crippen LogP contribution < -0.4 is 0 Å². The molecule has 1 aliphatic rings. The first-order valence-electron chi connectivity index (χ1n) is 4.80. The number of ether oxygens (including phenoxy) is 1. The minimum absolute atomic E-state index is 0.0679. The summed E-state index contributed by atoms with van der Waals surface area (Å²) >= 11 is 0. The van der Waals surface area contributed by atoms with Gasteiger partial charge in [0.25, 0.3) is 0 Å². The van der Waals surface area contributed by atoms with Gasteiger partial charge in [0.15, 0.2) is 5.78 Å². The molecule has 3 nitrogen and oxygen atoms in total. The standard InChI is InChI=1S/C10H15NO2/c1-2-8(7-11)10(12)9-3-5-13-6-4-9/h8-9H,2-6H2,1H3. The van der Waals surface area contributed by atoms with Gasteiger partial charge in [-0.25, -0.2) is 0 Å². The average molecular weight is 181 g/mol. The van der Waals surface area contributed by atoms with Gasteiger partial charge in [-0.2, -0.15) is 5.26 Å². The number of nitriles is 1. The van der Waals surface area contributed by atoms with E-state index in [-0.39, 0.29) is 11.7 Å². The Labute approximate surface area is 78.7 Å². The quantitative estimate of drug-likeness (QED) is 0.663. The third kappa shape index (κ3) is 2.53. The second-order valence-corrected chi connectivity index (χ2v) is 3.38. The van der Waals surface area contributed by atoms with Gasteiger partial charge >= 0.3 is 0 Å². The Kier molecular flexibility index (Phi) is 3.91. The van der Waals surface area contributed by atoms with Crippen molar-refractivity contribution in [2.24, 2.45) is 11.8 Å². The van der Waals surface area contributed by atoms with E-state index < -0.39 is 5.92 Å². The first kappa shape index (κ1) is 10.2. The summed E-state index contributed by atoms with van der Waals surface area (Å²) in [5.41, 5.74) is 0. The van der Waals surface area contributed by atoms with Gasteiger partial charge in [0.1, 0.15) is 5.92 Å². The van der Waals surface area contributed by atoms with Gasteiger partial charge in [-0.1, -0.05) is 6.92 Å². The van der Waals surface area contributed by atoms with Crippen LogP contribution >= 0.6 is 0 Å². The zero-order chi connectivity index (χ0) is 9.68. The molecular formula is C10H15NO2. The molecule has 1 unspecified atom stereocenters. The zero-order valence-corrected chi connectivity index (χ0v) is 7.95. The molecule has 0 aromatic carbocycles. The Morgan fingerprint density at radius 2 is 2.23 bits per heavy atom. The molecule has 1 aliphatic heterocycles. The van der Waals surface area contributed by atoms with E-state index in [4.69, 9.17) is 10.00 Å². The maximum atomic E-state index is 11.7. The van der Waals surface area contributed by atoms with Crippen molar-refractivity contribution in [3.63, 3.8) is 0 Å². The van der Waals surface area contributed by atoms with Crippen LogP contribution in [-0.4, -0.2) is 19.0 Å². The van der Waals surface area contributed by atoms with Gasteiger partial charge in [0.05, 0.1) is 6.07 Å². The minimum atomic E-state index is -0.400. The van der Waals surface area contributed by atoms with E-state index in [1.807, 2.05) is 6.92 Å². The molecule has 1 fully saturated rings. The normalized spacial score (nSPS) is 20.6. The molecule has 0 amide bonds. The number of Topliss-reactive ketones (excluding diaryl/α,β-unsaturated/α-hetero) is 1. The molecule has 0 bridgehead atoms. The van der Waals surface area contributed by atoms with E-state index in [1.165, 1.54) is 0 Å². The van der Waals surface area contributed by atoms with Crippen LogP contribution in [0.1, 0.15) is 26.2 Å². The van der Waals surface area contributed by atoms with Crippen molar-refractivity contribution < 1.29 is 9.53 Å². The fourth-order valence-corrected chi connectivity index (χ4v) is 1.62. The van der Waals surface area contributed by atoms with Crippen molar-refractivity contribution in [1.82, 2.24) is 0 Å². The van der Waals surface area contributed by atoms with Gasteiger partial charge in [-0.05, 0) is 19.3 Å². The van der Waals surface area contributed by atoms with Crippen molar-refractivity contribution in [2.45, 2.75) is 26.2 Å². The molecule has 0 spiro atoms. The van der Waals surface area contributed by atoms with E-state index in [1.54, 1.807) is 0 Å². The van der Waals surface area contributed by atoms with Crippen LogP contribution in [-0.2, 0) is 9.53 Å². The molecule has 0 aromatic heterocycles. The summed E-state index contributed by atoms with van der Waals surface area (Å²) in [6.45, 7) is 3.21. The van der Waals surface area contributed by atoms with Crippen molar-refractivity contribution in [3.8, 4) is 6.07 Å². The average Bonchev–Trinajstić information content (AvgIpc) is 2.21. The zero-order valence-electron chi connectivity index (χ0n) is 7.95. The molecule has 3 heteroatoms. The summed E-state index contributed by atoms with van der Waals surface area (Å²) in [7, 11) is 0. The van der Waals surface area contributed by atoms with E-state index in [9.17, 15) is 4.79 Å². The fraction of sp³-hybridized carbons (Fsp3) is 0.800. The van der Waals surface area contributed by atoms with Crippen LogP contribution in [0, 0.1) is 23.2 Å². The second-order valence-electron chi connectivity index (χ2n) is 3.38. The van der Waals surface area contributed by atoms with Crippen LogP contribution in [0.25, 0.3) is 0 Å². The van der Waals surface area contributed by atoms with Gasteiger partial charge < -0.3 is 4.74 Å². The molecule has 0 N–H and O–H groups in total. The second kappa shape index (κ2) is 4.98. The van der Waals surface area contributed by atoms with E-state index >= 15 is 0 Å². The number of carbonyl (C=O) groups excluding carboxylic acids is 1. The third-order valence-corrected chi connectivity index (χ3v) is 2.53. The highest BCUT2D eigenvalue weighted by Crippen LogP contribution is 2.20. The van der Waals surface area contributed by atoms with Crippen LogP contribution in [0.4, 0.5) is 0 Å². The Morgan fingerprint density at radius 1 is 1.62 bits per heavy atom. The minimum Gasteiger partial charge on any atom is -0.381 e. The molecule has 1 saturated heterocycles. The predicted molar refractivity (Wildman–Crippen MR) is 47.9 cm³/mol. The van der Waals surface area contributed by atoms with Crippen LogP contribution in [0.5, 0.6) is 0 Å². The Balaban J connectivity index is 2.50. The molecule has 1 atom stereocenters. The van der Waals surface area contributed by atoms with E-state index in [2.05, 4.69) is 6.07 Å². The van der Waals surface area contributed by atoms with Crippen molar-refractivity contribution in [1.29, 1.82) is 5.26 Å². The Hall–Kier alpha value is -0.880. The number of nitrogens with zero attached hydrogens (tertiary/aromatic N) is 1. The summed E-state index contributed by atoms with van der Waals surface area (Å²) in [4.78, 5) is 11.7. The highest BCUT2D eigenvalue weighted by atomic mass is 16.5. The van der Waals surface area contributed by atoms with Crippen molar-refractivity contribution >= 4 is 5.78 Å². The number of rotatable bonds is 3. The van der Waals surface area contributed by atoms with Crippen molar-refractivity contribution in [3.05, 3.63) is 0 Å². The van der Waals surface area contributed by atoms with Gasteiger partial charge in [-0.15, -0.1) is 0 Å². The van der Waals surface area contributed by atoms with Crippen molar-refractivity contribution in [2.75, 3.05) is 13.2 Å². The lowest BCUT2D eigenvalue weighted by molar-refractivity contribution is -0.128. The number of ketones is 1. The van der Waals surface area contributed by atoms with Crippen LogP contribution in [0.15, 0.2) is 0 Å². The SMILES string of the molecule is CCC(C#N)C(=O)C1CCOCC1. The van der Waals surface area contributed by atoms with Gasteiger partial charge in [0.2, 0.25) is 0 Å². The molecule has 13 heavy (non-hydrogen) atoms. The lowest BCUT2D eigenvalue weighted by atomic mass is 9.87. The molecular weight excluding hydrogens is 166 g/mol. The number of hydrogen-bond donors (Lipinski definition) is 0. The van der Waals surface area contributed by atoms with Crippen LogP contribution in [0.2, 0.25) is 0 Å². The molecule has 1 rings (SSSR count). The largest absolute Gasteiger partial charge is 0.381 e. The maximum Gasteiger partial charge on any atom is 0.153 e. The molecule has 72 valence electrons. The first-order valence-corrected chi connectivity index (χ1v) is 4.80. The smallest absolute Gasteiger partial charge is 0.153 e. The Bertz CT molecular complexity index is 213. The third-order valence-electron chi connectivity index (χ3n) is 2.53. The maximum absolute atomic E-state index is 11.7. The molecule has 0 aromatic rings. The molecule has 0 aliphatic carbocycles. The van der Waals surface area contributed by atoms with E-state index in [0.717, 1.165) is 12.8 Å². The first-order chi connectivity index (χ1) is 6.29. The topological polar surface area (TPSA) is 50.1 Å². The summed E-state index contributed by atoms with van der Waals surface area (Å²) in [6.07, 6.45) is 2.21. The fourth-order valence-electron chi connectivity index (χ4n) is 1.62. The Morgan fingerprint density at radius 3 is 2.69 bits per heavy atom. The molecule has 1 heterocycles. The summed E-state index contributed by atoms with van der Waals surface area (Å²) in [5.74, 6) is -0.213. The van der Waals surface area contributed by atoms with Gasteiger partial charge in [0, 0.05) is 19.1 Å². The summed E-state index contributed by atoms with van der Waals surface area (Å²) < 4.78 is 5.16. The van der Waals surface area contributed by atoms with Crippen LogP contribution in [0.3, 0.4) is 0 Å². The monoisotopic (exact) mass is 181 g/mol. The number of carbonyl (C=O) groups is 1. The highest BCUT2D eigenvalue weighted by Gasteiger charge is 2.27.